The van der Waals surface area contributed by atoms with E-state index >= 15 is 0 Å². The van der Waals surface area contributed by atoms with E-state index in [4.69, 9.17) is 0 Å². The Kier molecular flexibility index (Phi) is 4.58. The molecule has 1 atom stereocenters. The van der Waals surface area contributed by atoms with Gasteiger partial charge in [-0.25, -0.2) is 4.90 Å². The van der Waals surface area contributed by atoms with Crippen LogP contribution in [0.25, 0.3) is 0 Å². The quantitative estimate of drug-likeness (QED) is 0.845. The van der Waals surface area contributed by atoms with Crippen LogP contribution in [0, 0.1) is 6.92 Å². The van der Waals surface area contributed by atoms with Crippen molar-refractivity contribution < 1.29 is 14.7 Å². The highest BCUT2D eigenvalue weighted by molar-refractivity contribution is 6.22. The van der Waals surface area contributed by atoms with Crippen LogP contribution < -0.4 is 9.80 Å². The number of carbonyl (C=O) groups is 2. The number of hydrogen-bond acceptors (Lipinski definition) is 5. The SMILES string of the molecule is Cc1cc(O)ccc1N1C(=O)CC(N2CCN(c3ccccc3)CC2)C1=O. The summed E-state index contributed by atoms with van der Waals surface area (Å²) in [5.74, 6) is -0.213. The molecule has 0 saturated carbocycles. The van der Waals surface area contributed by atoms with E-state index in [1.54, 1.807) is 19.1 Å². The Balaban J connectivity index is 1.46. The van der Waals surface area contributed by atoms with Gasteiger partial charge in [0.25, 0.3) is 5.91 Å². The highest BCUT2D eigenvalue weighted by Gasteiger charge is 2.43. The van der Waals surface area contributed by atoms with Crippen LogP contribution in [0.2, 0.25) is 0 Å². The van der Waals surface area contributed by atoms with Gasteiger partial charge in [0, 0.05) is 31.9 Å². The van der Waals surface area contributed by atoms with Crippen molar-refractivity contribution in [2.75, 3.05) is 36.0 Å². The van der Waals surface area contributed by atoms with Gasteiger partial charge in [0.1, 0.15) is 5.75 Å². The third-order valence-electron chi connectivity index (χ3n) is 5.42. The van der Waals surface area contributed by atoms with E-state index in [1.165, 1.54) is 16.7 Å². The molecule has 2 heterocycles. The highest BCUT2D eigenvalue weighted by atomic mass is 16.3. The van der Waals surface area contributed by atoms with Crippen LogP contribution in [0.3, 0.4) is 0 Å². The van der Waals surface area contributed by atoms with Crippen molar-refractivity contribution in [2.24, 2.45) is 0 Å². The molecule has 27 heavy (non-hydrogen) atoms. The Bertz CT molecular complexity index is 860. The van der Waals surface area contributed by atoms with Gasteiger partial charge >= 0.3 is 0 Å². The molecule has 0 radical (unpaired) electrons. The second-order valence-electron chi connectivity index (χ2n) is 7.12. The lowest BCUT2D eigenvalue weighted by molar-refractivity contribution is -0.123. The fourth-order valence-corrected chi connectivity index (χ4v) is 3.98. The molecule has 6 nitrogen and oxygen atoms in total. The molecule has 4 rings (SSSR count). The van der Waals surface area contributed by atoms with Crippen molar-refractivity contribution >= 4 is 23.2 Å². The molecule has 0 bridgehead atoms. The molecule has 2 aliphatic rings. The summed E-state index contributed by atoms with van der Waals surface area (Å²) in [4.78, 5) is 31.3. The molecule has 1 unspecified atom stereocenters. The number of carbonyl (C=O) groups excluding carboxylic acids is 2. The lowest BCUT2D eigenvalue weighted by atomic mass is 10.1. The maximum atomic E-state index is 13.0. The van der Waals surface area contributed by atoms with Crippen molar-refractivity contribution in [3.05, 3.63) is 54.1 Å². The third-order valence-corrected chi connectivity index (χ3v) is 5.42. The molecule has 2 aromatic carbocycles. The molecule has 2 aliphatic heterocycles. The number of amides is 2. The van der Waals surface area contributed by atoms with E-state index in [0.29, 0.717) is 11.3 Å². The van der Waals surface area contributed by atoms with Gasteiger partial charge in [-0.05, 0) is 42.8 Å². The monoisotopic (exact) mass is 365 g/mol. The molecule has 2 saturated heterocycles. The summed E-state index contributed by atoms with van der Waals surface area (Å²) in [6, 6.07) is 14.6. The summed E-state index contributed by atoms with van der Waals surface area (Å²) in [6.07, 6.45) is 0.213. The van der Waals surface area contributed by atoms with Crippen molar-refractivity contribution in [1.29, 1.82) is 0 Å². The van der Waals surface area contributed by atoms with Crippen LogP contribution in [0.4, 0.5) is 11.4 Å². The first-order valence-corrected chi connectivity index (χ1v) is 9.25. The fourth-order valence-electron chi connectivity index (χ4n) is 3.98. The molecule has 6 heteroatoms. The fraction of sp³-hybridized carbons (Fsp3) is 0.333. The second-order valence-corrected chi connectivity index (χ2v) is 7.12. The molecular formula is C21H23N3O3. The average Bonchev–Trinajstić information content (AvgIpc) is 2.97. The maximum Gasteiger partial charge on any atom is 0.251 e. The van der Waals surface area contributed by atoms with Crippen molar-refractivity contribution in [3.8, 4) is 5.75 Å². The highest BCUT2D eigenvalue weighted by Crippen LogP contribution is 2.31. The summed E-state index contributed by atoms with van der Waals surface area (Å²) < 4.78 is 0. The number of rotatable bonds is 3. The molecular weight excluding hydrogens is 342 g/mol. The van der Waals surface area contributed by atoms with Gasteiger partial charge in [-0.1, -0.05) is 18.2 Å². The summed E-state index contributed by atoms with van der Waals surface area (Å²) in [5, 5.41) is 9.59. The lowest BCUT2D eigenvalue weighted by Gasteiger charge is -2.38. The number of nitrogens with zero attached hydrogens (tertiary/aromatic N) is 3. The van der Waals surface area contributed by atoms with Crippen LogP contribution >= 0.6 is 0 Å². The number of piperazine rings is 1. The predicted molar refractivity (Wildman–Crippen MR) is 104 cm³/mol. The zero-order valence-electron chi connectivity index (χ0n) is 15.3. The van der Waals surface area contributed by atoms with Crippen LogP contribution in [-0.2, 0) is 9.59 Å². The number of hydrogen-bond donors (Lipinski definition) is 1. The minimum Gasteiger partial charge on any atom is -0.508 e. The van der Waals surface area contributed by atoms with Gasteiger partial charge < -0.3 is 10.0 Å². The molecule has 0 spiro atoms. The second kappa shape index (κ2) is 7.04. The zero-order valence-corrected chi connectivity index (χ0v) is 15.3. The molecule has 140 valence electrons. The van der Waals surface area contributed by atoms with E-state index in [0.717, 1.165) is 26.2 Å². The first-order chi connectivity index (χ1) is 13.0. The van der Waals surface area contributed by atoms with E-state index in [1.807, 2.05) is 18.2 Å². The largest absolute Gasteiger partial charge is 0.508 e. The third kappa shape index (κ3) is 3.28. The number of phenols is 1. The first kappa shape index (κ1) is 17.5. The van der Waals surface area contributed by atoms with Gasteiger partial charge in [-0.2, -0.15) is 0 Å². The van der Waals surface area contributed by atoms with Crippen LogP contribution in [0.1, 0.15) is 12.0 Å². The molecule has 0 aromatic heterocycles. The lowest BCUT2D eigenvalue weighted by Crippen LogP contribution is -2.52. The number of phenolic OH excluding ortho intramolecular Hbond substituents is 1. The number of anilines is 2. The van der Waals surface area contributed by atoms with Crippen LogP contribution in [0.5, 0.6) is 5.75 Å². The number of aryl methyl sites for hydroxylation is 1. The number of benzene rings is 2. The van der Waals surface area contributed by atoms with E-state index in [2.05, 4.69) is 21.9 Å². The maximum absolute atomic E-state index is 13.0. The summed E-state index contributed by atoms with van der Waals surface area (Å²) in [7, 11) is 0. The number of para-hydroxylation sites is 1. The van der Waals surface area contributed by atoms with E-state index in [-0.39, 0.29) is 24.0 Å². The van der Waals surface area contributed by atoms with Gasteiger partial charge in [-0.15, -0.1) is 0 Å². The minimum absolute atomic E-state index is 0.129. The number of imide groups is 1. The summed E-state index contributed by atoms with van der Waals surface area (Å²) in [5.41, 5.74) is 2.46. The molecule has 2 aromatic rings. The topological polar surface area (TPSA) is 64.1 Å². The normalized spacial score (nSPS) is 21.1. The standard InChI is InChI=1S/C21H23N3O3/c1-15-13-17(25)7-8-18(15)24-20(26)14-19(21(24)27)23-11-9-22(10-12-23)16-5-3-2-4-6-16/h2-8,13,19,25H,9-12,14H2,1H3. The van der Waals surface area contributed by atoms with Gasteiger partial charge in [0.05, 0.1) is 18.2 Å². The first-order valence-electron chi connectivity index (χ1n) is 9.25. The summed E-state index contributed by atoms with van der Waals surface area (Å²) in [6.45, 7) is 4.96. The Morgan fingerprint density at radius 1 is 0.963 bits per heavy atom. The van der Waals surface area contributed by atoms with E-state index in [9.17, 15) is 14.7 Å². The average molecular weight is 365 g/mol. The van der Waals surface area contributed by atoms with Gasteiger partial charge in [0.2, 0.25) is 5.91 Å². The molecule has 1 N–H and O–H groups in total. The van der Waals surface area contributed by atoms with Gasteiger partial charge in [0.15, 0.2) is 0 Å². The van der Waals surface area contributed by atoms with Crippen LogP contribution in [-0.4, -0.2) is 54.0 Å². The summed E-state index contributed by atoms with van der Waals surface area (Å²) >= 11 is 0. The van der Waals surface area contributed by atoms with E-state index < -0.39 is 6.04 Å². The Hall–Kier alpha value is -2.86. The van der Waals surface area contributed by atoms with Crippen LogP contribution in [0.15, 0.2) is 48.5 Å². The van der Waals surface area contributed by atoms with Crippen molar-refractivity contribution in [1.82, 2.24) is 4.90 Å². The smallest absolute Gasteiger partial charge is 0.251 e. The minimum atomic E-state index is -0.399. The van der Waals surface area contributed by atoms with Gasteiger partial charge in [-0.3, -0.25) is 14.5 Å². The predicted octanol–water partition coefficient (Wildman–Crippen LogP) is 2.15. The Morgan fingerprint density at radius 2 is 1.67 bits per heavy atom. The Labute approximate surface area is 158 Å². The van der Waals surface area contributed by atoms with Crippen molar-refractivity contribution in [2.45, 2.75) is 19.4 Å². The Morgan fingerprint density at radius 3 is 2.33 bits per heavy atom. The molecule has 0 aliphatic carbocycles. The van der Waals surface area contributed by atoms with Crippen molar-refractivity contribution in [3.63, 3.8) is 0 Å². The molecule has 2 fully saturated rings. The molecule has 2 amide bonds. The number of aromatic hydroxyl groups is 1. The zero-order chi connectivity index (χ0) is 19.0.